The molecule has 2 rings (SSSR count). The lowest BCUT2D eigenvalue weighted by Crippen LogP contribution is -2.26. The number of hydrogen-bond donors (Lipinski definition) is 0. The van der Waals surface area contributed by atoms with Crippen LogP contribution in [-0.4, -0.2) is 16.7 Å². The van der Waals surface area contributed by atoms with E-state index in [0.29, 0.717) is 13.1 Å². The lowest BCUT2D eigenvalue weighted by atomic mass is 10.1. The molecule has 0 N–H and O–H groups in total. The van der Waals surface area contributed by atoms with Crippen molar-refractivity contribution >= 4 is 17.5 Å². The molecular weight excluding hydrogens is 198 g/mol. The SMILES string of the molecule is Cc1ccc2c(c1)CN(C(=O)CCl)C2. The number of alkyl halides is 1. The van der Waals surface area contributed by atoms with Crippen LogP contribution in [0.2, 0.25) is 0 Å². The first-order valence-electron chi connectivity index (χ1n) is 4.63. The van der Waals surface area contributed by atoms with Crippen LogP contribution < -0.4 is 0 Å². The number of carbonyl (C=O) groups is 1. The van der Waals surface area contributed by atoms with Crippen molar-refractivity contribution in [2.45, 2.75) is 20.0 Å². The van der Waals surface area contributed by atoms with Gasteiger partial charge in [-0.05, 0) is 18.1 Å². The fourth-order valence-electron chi connectivity index (χ4n) is 1.78. The van der Waals surface area contributed by atoms with E-state index in [1.807, 2.05) is 0 Å². The Bertz CT molecular complexity index is 376. The van der Waals surface area contributed by atoms with E-state index in [2.05, 4.69) is 25.1 Å². The molecule has 0 radical (unpaired) electrons. The average molecular weight is 210 g/mol. The Kier molecular flexibility index (Phi) is 2.46. The predicted octanol–water partition coefficient (Wildman–Crippen LogP) is 2.08. The van der Waals surface area contributed by atoms with Crippen molar-refractivity contribution in [3.8, 4) is 0 Å². The van der Waals surface area contributed by atoms with Crippen LogP contribution in [-0.2, 0) is 17.9 Å². The standard InChI is InChI=1S/C11H12ClNO/c1-8-2-3-9-6-13(11(14)5-12)7-10(9)4-8/h2-4H,5-7H2,1H3. The third-order valence-electron chi connectivity index (χ3n) is 2.55. The van der Waals surface area contributed by atoms with Gasteiger partial charge in [-0.25, -0.2) is 0 Å². The van der Waals surface area contributed by atoms with Crippen LogP contribution in [0.5, 0.6) is 0 Å². The second-order valence-electron chi connectivity index (χ2n) is 3.66. The topological polar surface area (TPSA) is 20.3 Å². The summed E-state index contributed by atoms with van der Waals surface area (Å²) in [4.78, 5) is 13.2. The van der Waals surface area contributed by atoms with Gasteiger partial charge < -0.3 is 4.90 Å². The monoisotopic (exact) mass is 209 g/mol. The summed E-state index contributed by atoms with van der Waals surface area (Å²) in [6, 6.07) is 6.30. The maximum absolute atomic E-state index is 11.4. The van der Waals surface area contributed by atoms with Gasteiger partial charge in [-0.3, -0.25) is 4.79 Å². The van der Waals surface area contributed by atoms with Gasteiger partial charge in [0.2, 0.25) is 5.91 Å². The molecule has 3 heteroatoms. The lowest BCUT2D eigenvalue weighted by molar-refractivity contribution is -0.129. The van der Waals surface area contributed by atoms with Crippen LogP contribution in [0.15, 0.2) is 18.2 Å². The van der Waals surface area contributed by atoms with Gasteiger partial charge in [0.25, 0.3) is 0 Å². The maximum Gasteiger partial charge on any atom is 0.238 e. The van der Waals surface area contributed by atoms with E-state index in [1.165, 1.54) is 16.7 Å². The molecule has 0 unspecified atom stereocenters. The fourth-order valence-corrected chi connectivity index (χ4v) is 1.95. The molecule has 0 bridgehead atoms. The van der Waals surface area contributed by atoms with Crippen LogP contribution >= 0.6 is 11.6 Å². The molecule has 1 aliphatic heterocycles. The average Bonchev–Trinajstić information content (AvgIpc) is 2.59. The van der Waals surface area contributed by atoms with Crippen molar-refractivity contribution in [3.05, 3.63) is 34.9 Å². The zero-order valence-corrected chi connectivity index (χ0v) is 8.84. The maximum atomic E-state index is 11.4. The first kappa shape index (κ1) is 9.53. The van der Waals surface area contributed by atoms with Crippen molar-refractivity contribution in [1.29, 1.82) is 0 Å². The number of amides is 1. The largest absolute Gasteiger partial charge is 0.333 e. The molecule has 1 amide bonds. The van der Waals surface area contributed by atoms with Gasteiger partial charge in [0.05, 0.1) is 0 Å². The number of benzene rings is 1. The van der Waals surface area contributed by atoms with Gasteiger partial charge in [0, 0.05) is 13.1 Å². The number of hydrogen-bond acceptors (Lipinski definition) is 1. The summed E-state index contributed by atoms with van der Waals surface area (Å²) in [6.45, 7) is 3.48. The van der Waals surface area contributed by atoms with Crippen LogP contribution in [0.25, 0.3) is 0 Å². The zero-order chi connectivity index (χ0) is 10.1. The summed E-state index contributed by atoms with van der Waals surface area (Å²) in [5.41, 5.74) is 3.74. The van der Waals surface area contributed by atoms with E-state index in [9.17, 15) is 4.79 Å². The number of aryl methyl sites for hydroxylation is 1. The van der Waals surface area contributed by atoms with Crippen molar-refractivity contribution < 1.29 is 4.79 Å². The summed E-state index contributed by atoms with van der Waals surface area (Å²) in [7, 11) is 0. The van der Waals surface area contributed by atoms with Gasteiger partial charge in [0.1, 0.15) is 5.88 Å². The highest BCUT2D eigenvalue weighted by Gasteiger charge is 2.22. The Morgan fingerprint density at radius 3 is 2.86 bits per heavy atom. The smallest absolute Gasteiger partial charge is 0.238 e. The quantitative estimate of drug-likeness (QED) is 0.649. The normalized spacial score (nSPS) is 14.3. The Morgan fingerprint density at radius 2 is 2.14 bits per heavy atom. The van der Waals surface area contributed by atoms with E-state index >= 15 is 0 Å². The number of fused-ring (bicyclic) bond motifs is 1. The van der Waals surface area contributed by atoms with Gasteiger partial charge in [0.15, 0.2) is 0 Å². The molecule has 1 heterocycles. The summed E-state index contributed by atoms with van der Waals surface area (Å²) in [5.74, 6) is 0.0907. The third-order valence-corrected chi connectivity index (χ3v) is 2.78. The van der Waals surface area contributed by atoms with Crippen molar-refractivity contribution in [3.63, 3.8) is 0 Å². The molecule has 0 aliphatic carbocycles. The Balaban J connectivity index is 2.22. The van der Waals surface area contributed by atoms with E-state index in [0.717, 1.165) is 0 Å². The zero-order valence-electron chi connectivity index (χ0n) is 8.09. The van der Waals surface area contributed by atoms with Gasteiger partial charge >= 0.3 is 0 Å². The van der Waals surface area contributed by atoms with Gasteiger partial charge in [-0.2, -0.15) is 0 Å². The third kappa shape index (κ3) is 1.62. The van der Waals surface area contributed by atoms with Crippen molar-refractivity contribution in [2.75, 3.05) is 5.88 Å². The minimum absolute atomic E-state index is 0.0144. The molecule has 14 heavy (non-hydrogen) atoms. The number of halogens is 1. The highest BCUT2D eigenvalue weighted by molar-refractivity contribution is 6.27. The first-order chi connectivity index (χ1) is 6.70. The second-order valence-corrected chi connectivity index (χ2v) is 3.92. The van der Waals surface area contributed by atoms with Crippen LogP contribution in [0.1, 0.15) is 16.7 Å². The Hall–Kier alpha value is -1.02. The second kappa shape index (κ2) is 3.62. The summed E-state index contributed by atoms with van der Waals surface area (Å²) in [5, 5.41) is 0. The molecule has 0 fully saturated rings. The van der Waals surface area contributed by atoms with Crippen molar-refractivity contribution in [1.82, 2.24) is 4.90 Å². The van der Waals surface area contributed by atoms with Crippen LogP contribution in [0.3, 0.4) is 0 Å². The van der Waals surface area contributed by atoms with Crippen molar-refractivity contribution in [2.24, 2.45) is 0 Å². The summed E-state index contributed by atoms with van der Waals surface area (Å²) in [6.07, 6.45) is 0. The molecule has 0 saturated carbocycles. The predicted molar refractivity (Wildman–Crippen MR) is 56.2 cm³/mol. The molecule has 1 aromatic rings. The van der Waals surface area contributed by atoms with Gasteiger partial charge in [-0.1, -0.05) is 23.8 Å². The molecule has 1 aliphatic rings. The Morgan fingerprint density at radius 1 is 1.43 bits per heavy atom. The van der Waals surface area contributed by atoms with E-state index in [-0.39, 0.29) is 11.8 Å². The minimum Gasteiger partial charge on any atom is -0.333 e. The number of carbonyl (C=O) groups excluding carboxylic acids is 1. The van der Waals surface area contributed by atoms with E-state index in [1.54, 1.807) is 4.90 Å². The highest BCUT2D eigenvalue weighted by Crippen LogP contribution is 2.23. The van der Waals surface area contributed by atoms with Crippen LogP contribution in [0, 0.1) is 6.92 Å². The van der Waals surface area contributed by atoms with E-state index < -0.39 is 0 Å². The number of rotatable bonds is 1. The fraction of sp³-hybridized carbons (Fsp3) is 0.364. The molecule has 1 aromatic carbocycles. The molecule has 0 atom stereocenters. The molecule has 0 spiro atoms. The van der Waals surface area contributed by atoms with E-state index in [4.69, 9.17) is 11.6 Å². The van der Waals surface area contributed by atoms with Gasteiger partial charge in [-0.15, -0.1) is 11.6 Å². The molecule has 74 valence electrons. The summed E-state index contributed by atoms with van der Waals surface area (Å²) < 4.78 is 0. The molecule has 2 nitrogen and oxygen atoms in total. The minimum atomic E-state index is 0.0144. The summed E-state index contributed by atoms with van der Waals surface area (Å²) >= 11 is 5.51. The molecule has 0 aromatic heterocycles. The molecule has 0 saturated heterocycles. The highest BCUT2D eigenvalue weighted by atomic mass is 35.5. The first-order valence-corrected chi connectivity index (χ1v) is 5.16. The molecular formula is C11H12ClNO. The van der Waals surface area contributed by atoms with Crippen LogP contribution in [0.4, 0.5) is 0 Å². The number of nitrogens with zero attached hydrogens (tertiary/aromatic N) is 1. The lowest BCUT2D eigenvalue weighted by Gasteiger charge is -2.12. The Labute approximate surface area is 88.5 Å².